The largest absolute Gasteiger partial charge is 0.370 e. The lowest BCUT2D eigenvalue weighted by Gasteiger charge is -2.03. The molecule has 0 aromatic carbocycles. The highest BCUT2D eigenvalue weighted by Crippen LogP contribution is 2.34. The van der Waals surface area contributed by atoms with Crippen LogP contribution >= 0.6 is 0 Å². The van der Waals surface area contributed by atoms with Crippen LogP contribution in [0.1, 0.15) is 33.1 Å². The van der Waals surface area contributed by atoms with E-state index in [0.29, 0.717) is 12.0 Å². The van der Waals surface area contributed by atoms with Crippen molar-refractivity contribution in [2.24, 2.45) is 16.6 Å². The molecular formula is C9H19N3. The highest BCUT2D eigenvalue weighted by Gasteiger charge is 2.36. The minimum Gasteiger partial charge on any atom is -0.370 e. The van der Waals surface area contributed by atoms with Crippen molar-refractivity contribution in [2.45, 2.75) is 39.2 Å². The normalized spacial score (nSPS) is 28.7. The maximum Gasteiger partial charge on any atom is 0.188 e. The van der Waals surface area contributed by atoms with Crippen molar-refractivity contribution in [3.05, 3.63) is 0 Å². The van der Waals surface area contributed by atoms with Gasteiger partial charge in [0.25, 0.3) is 0 Å². The molecule has 3 nitrogen and oxygen atoms in total. The van der Waals surface area contributed by atoms with Crippen LogP contribution in [0, 0.1) is 5.92 Å². The summed E-state index contributed by atoms with van der Waals surface area (Å²) in [5, 5.41) is 3.22. The zero-order chi connectivity index (χ0) is 8.97. The summed E-state index contributed by atoms with van der Waals surface area (Å²) in [5.41, 5.74) is 5.62. The molecule has 1 rings (SSSR count). The standard InChI is InChI=1S/C9H19N3/c1-3-5-7-6-8(7)12-9(10)11-4-2/h7-8H,3-6H2,1-2H3,(H3,10,11,12). The first-order valence-electron chi connectivity index (χ1n) is 4.84. The van der Waals surface area contributed by atoms with Crippen molar-refractivity contribution in [2.75, 3.05) is 6.54 Å². The zero-order valence-corrected chi connectivity index (χ0v) is 8.01. The van der Waals surface area contributed by atoms with E-state index in [9.17, 15) is 0 Å². The molecule has 3 heteroatoms. The number of rotatable bonds is 4. The van der Waals surface area contributed by atoms with Crippen LogP contribution in [-0.4, -0.2) is 18.5 Å². The van der Waals surface area contributed by atoms with Gasteiger partial charge in [-0.1, -0.05) is 13.3 Å². The Kier molecular flexibility index (Phi) is 3.38. The average molecular weight is 169 g/mol. The molecule has 0 aromatic rings. The molecule has 0 aliphatic heterocycles. The Bertz CT molecular complexity index is 165. The second-order valence-corrected chi connectivity index (χ2v) is 3.39. The molecule has 0 bridgehead atoms. The molecule has 2 atom stereocenters. The fourth-order valence-corrected chi connectivity index (χ4v) is 1.52. The van der Waals surface area contributed by atoms with Gasteiger partial charge in [0.05, 0.1) is 0 Å². The lowest BCUT2D eigenvalue weighted by atomic mass is 10.2. The summed E-state index contributed by atoms with van der Waals surface area (Å²) in [7, 11) is 0. The minimum absolute atomic E-state index is 0.611. The Morgan fingerprint density at radius 2 is 2.33 bits per heavy atom. The molecule has 70 valence electrons. The third-order valence-corrected chi connectivity index (χ3v) is 2.24. The molecule has 0 amide bonds. The van der Waals surface area contributed by atoms with Crippen LogP contribution in [0.4, 0.5) is 0 Å². The molecule has 1 fully saturated rings. The Balaban J connectivity index is 2.14. The molecule has 12 heavy (non-hydrogen) atoms. The van der Waals surface area contributed by atoms with Crippen molar-refractivity contribution in [3.8, 4) is 0 Å². The van der Waals surface area contributed by atoms with E-state index in [2.05, 4.69) is 17.2 Å². The van der Waals surface area contributed by atoms with Crippen molar-refractivity contribution in [3.63, 3.8) is 0 Å². The smallest absolute Gasteiger partial charge is 0.188 e. The van der Waals surface area contributed by atoms with Crippen molar-refractivity contribution < 1.29 is 0 Å². The van der Waals surface area contributed by atoms with Gasteiger partial charge in [0.1, 0.15) is 0 Å². The van der Waals surface area contributed by atoms with Gasteiger partial charge in [-0.2, -0.15) is 0 Å². The maximum atomic E-state index is 5.62. The SMILES string of the molecule is CCCC1CC1NC(N)=NCC. The van der Waals surface area contributed by atoms with Gasteiger partial charge in [0, 0.05) is 12.6 Å². The van der Waals surface area contributed by atoms with Gasteiger partial charge >= 0.3 is 0 Å². The van der Waals surface area contributed by atoms with E-state index < -0.39 is 0 Å². The monoisotopic (exact) mass is 169 g/mol. The molecule has 0 heterocycles. The van der Waals surface area contributed by atoms with E-state index in [0.717, 1.165) is 12.5 Å². The van der Waals surface area contributed by atoms with E-state index in [1.165, 1.54) is 19.3 Å². The summed E-state index contributed by atoms with van der Waals surface area (Å²) < 4.78 is 0. The van der Waals surface area contributed by atoms with E-state index in [4.69, 9.17) is 5.73 Å². The number of guanidine groups is 1. The number of nitrogens with one attached hydrogen (secondary N) is 1. The van der Waals surface area contributed by atoms with E-state index in [-0.39, 0.29) is 0 Å². The van der Waals surface area contributed by atoms with Crippen LogP contribution in [0.2, 0.25) is 0 Å². The lowest BCUT2D eigenvalue weighted by Crippen LogP contribution is -2.34. The molecule has 2 unspecified atom stereocenters. The predicted molar refractivity (Wildman–Crippen MR) is 52.1 cm³/mol. The van der Waals surface area contributed by atoms with E-state index in [1.807, 2.05) is 6.92 Å². The van der Waals surface area contributed by atoms with Crippen molar-refractivity contribution >= 4 is 5.96 Å². The Morgan fingerprint density at radius 1 is 1.58 bits per heavy atom. The molecule has 1 saturated carbocycles. The van der Waals surface area contributed by atoms with Gasteiger partial charge in [-0.15, -0.1) is 0 Å². The summed E-state index contributed by atoms with van der Waals surface area (Å²) >= 11 is 0. The number of nitrogens with zero attached hydrogens (tertiary/aromatic N) is 1. The predicted octanol–water partition coefficient (Wildman–Crippen LogP) is 1.10. The fourth-order valence-electron chi connectivity index (χ4n) is 1.52. The second kappa shape index (κ2) is 4.33. The summed E-state index contributed by atoms with van der Waals surface area (Å²) in [6.07, 6.45) is 3.86. The Labute approximate surface area is 74.4 Å². The molecule has 0 radical (unpaired) electrons. The number of hydrogen-bond donors (Lipinski definition) is 2. The van der Waals surface area contributed by atoms with Crippen LogP contribution in [0.25, 0.3) is 0 Å². The van der Waals surface area contributed by atoms with E-state index in [1.54, 1.807) is 0 Å². The lowest BCUT2D eigenvalue weighted by molar-refractivity contribution is 0.661. The van der Waals surface area contributed by atoms with Gasteiger partial charge in [-0.05, 0) is 25.7 Å². The first-order valence-corrected chi connectivity index (χ1v) is 4.84. The van der Waals surface area contributed by atoms with Crippen LogP contribution < -0.4 is 11.1 Å². The van der Waals surface area contributed by atoms with E-state index >= 15 is 0 Å². The van der Waals surface area contributed by atoms with Gasteiger partial charge < -0.3 is 11.1 Å². The molecule has 3 N–H and O–H groups in total. The van der Waals surface area contributed by atoms with Crippen LogP contribution in [-0.2, 0) is 0 Å². The van der Waals surface area contributed by atoms with Crippen LogP contribution in [0.15, 0.2) is 4.99 Å². The zero-order valence-electron chi connectivity index (χ0n) is 8.01. The Morgan fingerprint density at radius 3 is 2.92 bits per heavy atom. The topological polar surface area (TPSA) is 50.4 Å². The first-order chi connectivity index (χ1) is 5.77. The summed E-state index contributed by atoms with van der Waals surface area (Å²) in [6, 6.07) is 0.611. The molecule has 1 aliphatic rings. The number of nitrogens with two attached hydrogens (primary N) is 1. The highest BCUT2D eigenvalue weighted by atomic mass is 15.1. The quantitative estimate of drug-likeness (QED) is 0.489. The molecule has 0 saturated heterocycles. The number of aliphatic imine (C=N–C) groups is 1. The molecule has 0 spiro atoms. The highest BCUT2D eigenvalue weighted by molar-refractivity contribution is 5.78. The maximum absolute atomic E-state index is 5.62. The van der Waals surface area contributed by atoms with Gasteiger partial charge in [-0.3, -0.25) is 4.99 Å². The van der Waals surface area contributed by atoms with Gasteiger partial charge in [0.2, 0.25) is 0 Å². The molecular weight excluding hydrogens is 150 g/mol. The summed E-state index contributed by atoms with van der Waals surface area (Å²) in [4.78, 5) is 4.08. The fraction of sp³-hybridized carbons (Fsp3) is 0.889. The third kappa shape index (κ3) is 2.72. The summed E-state index contributed by atoms with van der Waals surface area (Å²) in [6.45, 7) is 4.98. The van der Waals surface area contributed by atoms with Gasteiger partial charge in [0.15, 0.2) is 5.96 Å². The van der Waals surface area contributed by atoms with Crippen molar-refractivity contribution in [1.82, 2.24) is 5.32 Å². The second-order valence-electron chi connectivity index (χ2n) is 3.39. The van der Waals surface area contributed by atoms with Gasteiger partial charge in [-0.25, -0.2) is 0 Å². The van der Waals surface area contributed by atoms with Crippen LogP contribution in [0.3, 0.4) is 0 Å². The number of hydrogen-bond acceptors (Lipinski definition) is 1. The average Bonchev–Trinajstić information content (AvgIpc) is 2.69. The molecule has 1 aliphatic carbocycles. The Hall–Kier alpha value is -0.730. The third-order valence-electron chi connectivity index (χ3n) is 2.24. The molecule has 0 aromatic heterocycles. The van der Waals surface area contributed by atoms with Crippen LogP contribution in [0.5, 0.6) is 0 Å². The minimum atomic E-state index is 0.611. The van der Waals surface area contributed by atoms with Crippen molar-refractivity contribution in [1.29, 1.82) is 0 Å². The summed E-state index contributed by atoms with van der Waals surface area (Å²) in [5.74, 6) is 1.46. The first kappa shape index (κ1) is 9.36.